The first-order valence-electron chi connectivity index (χ1n) is 16.8. The van der Waals surface area contributed by atoms with Crippen LogP contribution in [0.4, 0.5) is 0 Å². The van der Waals surface area contributed by atoms with E-state index in [2.05, 4.69) is 22.8 Å². The zero-order valence-electron chi connectivity index (χ0n) is 28.5. The number of ether oxygens (including phenoxy) is 2. The number of aliphatic hydroxyl groups excluding tert-OH is 2. The summed E-state index contributed by atoms with van der Waals surface area (Å²) in [7, 11) is 1.87. The second-order valence-electron chi connectivity index (χ2n) is 12.7. The predicted molar refractivity (Wildman–Crippen MR) is 192 cm³/mol. The minimum atomic E-state index is -2.35. The van der Waals surface area contributed by atoms with Crippen molar-refractivity contribution < 1.29 is 49.0 Å². The number of hydrogen-bond donors (Lipinski definition) is 8. The Morgan fingerprint density at radius 1 is 1.04 bits per heavy atom. The highest BCUT2D eigenvalue weighted by Gasteiger charge is 2.58. The van der Waals surface area contributed by atoms with Gasteiger partial charge < -0.3 is 55.8 Å². The number of carbonyl (C=O) groups is 2. The van der Waals surface area contributed by atoms with Gasteiger partial charge in [-0.15, -0.1) is 0 Å². The number of fused-ring (bicyclic) bond motifs is 1. The highest BCUT2D eigenvalue weighted by atomic mass is 16.7. The summed E-state index contributed by atoms with van der Waals surface area (Å²) in [5, 5.41) is 59.1. The lowest BCUT2D eigenvalue weighted by Gasteiger charge is -2.46. The molecule has 5 rings (SSSR count). The van der Waals surface area contributed by atoms with Gasteiger partial charge in [-0.1, -0.05) is 54.6 Å². The van der Waals surface area contributed by atoms with E-state index >= 15 is 0 Å². The number of rotatable bonds is 16. The third-order valence-electron chi connectivity index (χ3n) is 9.07. The predicted octanol–water partition coefficient (Wildman–Crippen LogP) is 2.21. The van der Waals surface area contributed by atoms with Crippen LogP contribution in [0.5, 0.6) is 11.5 Å². The topological polar surface area (TPSA) is 234 Å². The van der Waals surface area contributed by atoms with Crippen molar-refractivity contribution in [2.75, 3.05) is 26.7 Å². The Hall–Kier alpha value is -5.09. The number of allylic oxidation sites excluding steroid dienone is 1. The molecule has 6 unspecified atom stereocenters. The highest BCUT2D eigenvalue weighted by molar-refractivity contribution is 5.99. The minimum absolute atomic E-state index is 0.0345. The SMILES string of the molecule is CNCCC(CC=Cc1ccccc1)CCNCC1(O)C(Oc2ccc3c(=O)c(-c4ccc(O)cc4)c(C(N)=O)oc3c2)OC(C(=O)O)C(O)C1O. The number of primary amides is 1. The number of carboxylic acids is 1. The first-order chi connectivity index (χ1) is 24.9. The molecule has 9 N–H and O–H groups in total. The normalized spacial score (nSPS) is 22.4. The highest BCUT2D eigenvalue weighted by Crippen LogP contribution is 2.34. The Balaban J connectivity index is 1.36. The van der Waals surface area contributed by atoms with Gasteiger partial charge in [-0.25, -0.2) is 4.79 Å². The van der Waals surface area contributed by atoms with Crippen LogP contribution in [-0.2, 0) is 9.53 Å². The quantitative estimate of drug-likeness (QED) is 0.0778. The van der Waals surface area contributed by atoms with E-state index in [-0.39, 0.29) is 46.1 Å². The molecule has 1 saturated heterocycles. The van der Waals surface area contributed by atoms with Gasteiger partial charge in [0.05, 0.1) is 10.9 Å². The van der Waals surface area contributed by atoms with E-state index in [1.54, 1.807) is 0 Å². The molecule has 52 heavy (non-hydrogen) atoms. The summed E-state index contributed by atoms with van der Waals surface area (Å²) in [6, 6.07) is 19.3. The van der Waals surface area contributed by atoms with E-state index in [0.717, 1.165) is 24.9 Å². The van der Waals surface area contributed by atoms with E-state index < -0.39 is 53.3 Å². The Morgan fingerprint density at radius 2 is 1.75 bits per heavy atom. The molecule has 1 fully saturated rings. The van der Waals surface area contributed by atoms with Gasteiger partial charge in [-0.05, 0) is 80.7 Å². The maximum atomic E-state index is 13.5. The molecule has 4 aromatic rings. The van der Waals surface area contributed by atoms with Crippen molar-refractivity contribution in [3.8, 4) is 22.6 Å². The van der Waals surface area contributed by atoms with Crippen LogP contribution in [0.1, 0.15) is 35.4 Å². The molecule has 6 atom stereocenters. The van der Waals surface area contributed by atoms with Crippen LogP contribution >= 0.6 is 0 Å². The third kappa shape index (κ3) is 8.67. The fraction of sp³-hybridized carbons (Fsp3) is 0.342. The molecule has 14 heteroatoms. The summed E-state index contributed by atoms with van der Waals surface area (Å²) in [5.74, 6) is -2.96. The summed E-state index contributed by atoms with van der Waals surface area (Å²) >= 11 is 0. The molecule has 1 aromatic heterocycles. The number of amides is 1. The lowest BCUT2D eigenvalue weighted by atomic mass is 9.86. The monoisotopic (exact) mass is 717 g/mol. The molecule has 2 heterocycles. The standard InChI is InChI=1S/C38H43N3O11/c1-40-18-16-23(9-5-8-22-6-3-2-4-7-22)17-19-41-21-38(49)34(45)31(44)33(36(47)48)52-37(38)50-26-14-15-27-28(20-26)51-32(35(39)46)29(30(27)43)24-10-12-25(42)13-11-24/h2-8,10-15,20,23,31,33-34,37,40-42,44-45,49H,9,16-19,21H2,1H3,(H2,39,46)(H,47,48). The number of nitrogens with two attached hydrogens (primary N) is 1. The van der Waals surface area contributed by atoms with Gasteiger partial charge in [0.25, 0.3) is 5.91 Å². The first kappa shape index (κ1) is 38.1. The summed E-state index contributed by atoms with van der Waals surface area (Å²) < 4.78 is 17.2. The number of benzene rings is 3. The molecule has 1 amide bonds. The molecule has 0 aliphatic carbocycles. The number of phenols is 1. The van der Waals surface area contributed by atoms with Crippen LogP contribution < -0.4 is 26.5 Å². The average molecular weight is 718 g/mol. The molecule has 0 radical (unpaired) electrons. The lowest BCUT2D eigenvalue weighted by molar-refractivity contribution is -0.311. The number of aliphatic hydroxyl groups is 3. The summed E-state index contributed by atoms with van der Waals surface area (Å²) in [6.07, 6.45) is -1.25. The number of phenolic OH excluding ortho intramolecular Hbond substituents is 1. The Bertz CT molecular complexity index is 1930. The molecular weight excluding hydrogens is 674 g/mol. The molecule has 1 aliphatic heterocycles. The van der Waals surface area contributed by atoms with Gasteiger partial charge >= 0.3 is 5.97 Å². The number of aromatic hydroxyl groups is 1. The number of aliphatic carboxylic acids is 1. The smallest absolute Gasteiger partial charge is 0.335 e. The molecule has 0 saturated carbocycles. The van der Waals surface area contributed by atoms with E-state index in [9.17, 15) is 39.9 Å². The number of carboxylic acid groups (broad SMARTS) is 1. The van der Waals surface area contributed by atoms with Crippen LogP contribution in [0.15, 0.2) is 88.1 Å². The number of carbonyl (C=O) groups excluding carboxylic acids is 1. The Kier molecular flexibility index (Phi) is 12.4. The second kappa shape index (κ2) is 17.0. The maximum absolute atomic E-state index is 13.5. The Labute approximate surface area is 299 Å². The van der Waals surface area contributed by atoms with Gasteiger partial charge in [-0.3, -0.25) is 9.59 Å². The molecule has 0 bridgehead atoms. The van der Waals surface area contributed by atoms with Crippen molar-refractivity contribution in [1.29, 1.82) is 0 Å². The van der Waals surface area contributed by atoms with Crippen LogP contribution in [0.3, 0.4) is 0 Å². The van der Waals surface area contributed by atoms with Crippen molar-refractivity contribution in [3.63, 3.8) is 0 Å². The fourth-order valence-electron chi connectivity index (χ4n) is 6.17. The molecule has 3 aromatic carbocycles. The average Bonchev–Trinajstić information content (AvgIpc) is 3.13. The number of hydrogen-bond acceptors (Lipinski definition) is 12. The van der Waals surface area contributed by atoms with E-state index in [1.165, 1.54) is 42.5 Å². The zero-order chi connectivity index (χ0) is 37.4. The van der Waals surface area contributed by atoms with Crippen LogP contribution in [-0.4, -0.2) is 94.3 Å². The van der Waals surface area contributed by atoms with E-state index in [0.29, 0.717) is 13.0 Å². The van der Waals surface area contributed by atoms with Crippen molar-refractivity contribution >= 4 is 28.9 Å². The third-order valence-corrected chi connectivity index (χ3v) is 9.07. The lowest BCUT2D eigenvalue weighted by Crippen LogP contribution is -2.71. The molecular formula is C38H43N3O11. The minimum Gasteiger partial charge on any atom is -0.508 e. The van der Waals surface area contributed by atoms with Gasteiger partial charge in [0.2, 0.25) is 17.5 Å². The van der Waals surface area contributed by atoms with Crippen molar-refractivity contribution in [2.45, 2.75) is 49.5 Å². The fourth-order valence-corrected chi connectivity index (χ4v) is 6.17. The summed E-state index contributed by atoms with van der Waals surface area (Å²) in [6.45, 7) is 0.837. The molecule has 0 spiro atoms. The molecule has 1 aliphatic rings. The zero-order valence-corrected chi connectivity index (χ0v) is 28.5. The van der Waals surface area contributed by atoms with Gasteiger partial charge in [0, 0.05) is 12.6 Å². The van der Waals surface area contributed by atoms with Crippen LogP contribution in [0.25, 0.3) is 28.2 Å². The van der Waals surface area contributed by atoms with Crippen LogP contribution in [0.2, 0.25) is 0 Å². The van der Waals surface area contributed by atoms with Crippen molar-refractivity contribution in [3.05, 3.63) is 100 Å². The summed E-state index contributed by atoms with van der Waals surface area (Å²) in [4.78, 5) is 37.8. The second-order valence-corrected chi connectivity index (χ2v) is 12.7. The van der Waals surface area contributed by atoms with E-state index in [1.807, 2.05) is 37.4 Å². The van der Waals surface area contributed by atoms with Crippen LogP contribution in [0, 0.1) is 5.92 Å². The molecule has 14 nitrogen and oxygen atoms in total. The van der Waals surface area contributed by atoms with Crippen molar-refractivity contribution in [2.24, 2.45) is 11.7 Å². The molecule has 276 valence electrons. The van der Waals surface area contributed by atoms with Gasteiger partial charge in [0.1, 0.15) is 29.3 Å². The van der Waals surface area contributed by atoms with E-state index in [4.69, 9.17) is 19.6 Å². The van der Waals surface area contributed by atoms with Crippen molar-refractivity contribution in [1.82, 2.24) is 10.6 Å². The van der Waals surface area contributed by atoms with Gasteiger partial charge in [0.15, 0.2) is 11.7 Å². The van der Waals surface area contributed by atoms with Gasteiger partial charge in [-0.2, -0.15) is 0 Å². The first-order valence-corrected chi connectivity index (χ1v) is 16.8. The Morgan fingerprint density at radius 3 is 2.42 bits per heavy atom. The number of nitrogens with one attached hydrogen (secondary N) is 2. The summed E-state index contributed by atoms with van der Waals surface area (Å²) in [5.41, 5.74) is 3.73. The largest absolute Gasteiger partial charge is 0.508 e. The maximum Gasteiger partial charge on any atom is 0.335 e.